The molecule has 2 aliphatic heterocycles. The van der Waals surface area contributed by atoms with Gasteiger partial charge in [0.05, 0.1) is 0 Å². The molecule has 0 saturated carbocycles. The van der Waals surface area contributed by atoms with Crippen molar-refractivity contribution in [2.45, 2.75) is 26.2 Å². The number of nitrogens with zero attached hydrogens (tertiary/aromatic N) is 2. The average molecular weight is 234 g/mol. The molecule has 0 aromatic carbocycles. The van der Waals surface area contributed by atoms with Crippen LogP contribution < -0.4 is 9.44 Å². The smallest absolute Gasteiger partial charge is 0.305 e. The first-order chi connectivity index (χ1) is 7.00. The van der Waals surface area contributed by atoms with E-state index in [1.807, 2.05) is 13.8 Å². The van der Waals surface area contributed by atoms with Crippen LogP contribution in [0, 0.1) is 0 Å². The summed E-state index contributed by atoms with van der Waals surface area (Å²) >= 11 is 0. The molecule has 0 aliphatic carbocycles. The maximum atomic E-state index is 11.8. The first kappa shape index (κ1) is 10.7. The number of carbonyl (C=O) groups is 1. The summed E-state index contributed by atoms with van der Waals surface area (Å²) in [5.74, 6) is 0. The van der Waals surface area contributed by atoms with Crippen LogP contribution in [-0.4, -0.2) is 49.7 Å². The van der Waals surface area contributed by atoms with Gasteiger partial charge in [-0.3, -0.25) is 0 Å². The van der Waals surface area contributed by atoms with Crippen molar-refractivity contribution in [3.8, 4) is 0 Å². The van der Waals surface area contributed by atoms with E-state index in [1.165, 1.54) is 9.80 Å². The molecule has 2 rings (SSSR count). The molecule has 2 N–H and O–H groups in total. The molecule has 2 heterocycles. The van der Waals surface area contributed by atoms with Gasteiger partial charge in [0.15, 0.2) is 0 Å². The van der Waals surface area contributed by atoms with E-state index < -0.39 is 22.5 Å². The van der Waals surface area contributed by atoms with Crippen LogP contribution in [0.15, 0.2) is 0 Å². The molecule has 7 nitrogen and oxygen atoms in total. The summed E-state index contributed by atoms with van der Waals surface area (Å²) in [6, 6.07) is -0.134. The zero-order chi connectivity index (χ0) is 11.2. The highest BCUT2D eigenvalue weighted by atomic mass is 32.2. The standard InChI is InChI=1S/C7H14N4O3S/c1-3-10-5-6(9-15(13,14)8-5)11(4-2)7(10)12/h5-6,8-9H,3-4H2,1-2H3/t5-,6-/m1/s1. The van der Waals surface area contributed by atoms with Crippen LogP contribution >= 0.6 is 0 Å². The Balaban J connectivity index is 2.32. The van der Waals surface area contributed by atoms with E-state index in [2.05, 4.69) is 9.44 Å². The first-order valence-electron chi connectivity index (χ1n) is 4.87. The number of likely N-dealkylation sites (N-methyl/N-ethyl adjacent to an activating group) is 2. The number of hydrogen-bond acceptors (Lipinski definition) is 3. The third-order valence-corrected chi connectivity index (χ3v) is 3.80. The number of urea groups is 1. The summed E-state index contributed by atoms with van der Waals surface area (Å²) in [7, 11) is -3.45. The van der Waals surface area contributed by atoms with Gasteiger partial charge >= 0.3 is 6.03 Å². The van der Waals surface area contributed by atoms with Crippen molar-refractivity contribution in [3.05, 3.63) is 0 Å². The van der Waals surface area contributed by atoms with Crippen molar-refractivity contribution in [1.82, 2.24) is 19.2 Å². The molecule has 2 fully saturated rings. The normalized spacial score (nSPS) is 33.6. The molecule has 15 heavy (non-hydrogen) atoms. The van der Waals surface area contributed by atoms with Crippen LogP contribution in [0.1, 0.15) is 13.8 Å². The van der Waals surface area contributed by atoms with Crippen molar-refractivity contribution in [2.75, 3.05) is 13.1 Å². The van der Waals surface area contributed by atoms with Crippen LogP contribution in [0.3, 0.4) is 0 Å². The number of amides is 2. The minimum absolute atomic E-state index is 0.134. The zero-order valence-electron chi connectivity index (χ0n) is 8.60. The molecule has 0 aromatic rings. The topological polar surface area (TPSA) is 81.8 Å². The van der Waals surface area contributed by atoms with Gasteiger partial charge < -0.3 is 9.80 Å². The van der Waals surface area contributed by atoms with Crippen molar-refractivity contribution >= 4 is 16.2 Å². The predicted molar refractivity (Wildman–Crippen MR) is 52.9 cm³/mol. The molecule has 2 saturated heterocycles. The largest absolute Gasteiger partial charge is 0.322 e. The average Bonchev–Trinajstić information content (AvgIpc) is 2.55. The van der Waals surface area contributed by atoms with Gasteiger partial charge in [-0.25, -0.2) is 4.79 Å². The highest BCUT2D eigenvalue weighted by molar-refractivity contribution is 7.87. The van der Waals surface area contributed by atoms with Gasteiger partial charge in [0.25, 0.3) is 10.2 Å². The minimum Gasteiger partial charge on any atom is -0.305 e. The molecule has 0 radical (unpaired) electrons. The Bertz CT molecular complexity index is 354. The van der Waals surface area contributed by atoms with E-state index in [9.17, 15) is 13.2 Å². The number of carbonyl (C=O) groups excluding carboxylic acids is 1. The van der Waals surface area contributed by atoms with Gasteiger partial charge in [0.2, 0.25) is 0 Å². The lowest BCUT2D eigenvalue weighted by molar-refractivity contribution is 0.186. The van der Waals surface area contributed by atoms with E-state index >= 15 is 0 Å². The lowest BCUT2D eigenvalue weighted by Crippen LogP contribution is -2.43. The summed E-state index contributed by atoms with van der Waals surface area (Å²) in [6.07, 6.45) is -0.958. The van der Waals surface area contributed by atoms with Crippen LogP contribution in [0.25, 0.3) is 0 Å². The second-order valence-electron chi connectivity index (χ2n) is 3.48. The molecule has 8 heteroatoms. The molecule has 0 spiro atoms. The van der Waals surface area contributed by atoms with E-state index in [0.717, 1.165) is 0 Å². The van der Waals surface area contributed by atoms with Crippen molar-refractivity contribution in [1.29, 1.82) is 0 Å². The number of hydrogen-bond donors (Lipinski definition) is 2. The van der Waals surface area contributed by atoms with Gasteiger partial charge in [-0.2, -0.15) is 17.9 Å². The van der Waals surface area contributed by atoms with Crippen LogP contribution in [0.2, 0.25) is 0 Å². The fourth-order valence-corrected chi connectivity index (χ4v) is 3.23. The van der Waals surface area contributed by atoms with E-state index in [4.69, 9.17) is 0 Å². The predicted octanol–water partition coefficient (Wildman–Crippen LogP) is -1.15. The Hall–Kier alpha value is -0.860. The second-order valence-corrected chi connectivity index (χ2v) is 4.96. The van der Waals surface area contributed by atoms with Crippen molar-refractivity contribution in [2.24, 2.45) is 0 Å². The molecule has 2 aliphatic rings. The van der Waals surface area contributed by atoms with Crippen molar-refractivity contribution < 1.29 is 13.2 Å². The molecule has 2 amide bonds. The zero-order valence-corrected chi connectivity index (χ0v) is 9.41. The first-order valence-corrected chi connectivity index (χ1v) is 6.35. The third kappa shape index (κ3) is 1.48. The fourth-order valence-electron chi connectivity index (χ4n) is 2.02. The van der Waals surface area contributed by atoms with Gasteiger partial charge in [-0.15, -0.1) is 0 Å². The molecule has 86 valence electrons. The highest BCUT2D eigenvalue weighted by Crippen LogP contribution is 2.23. The van der Waals surface area contributed by atoms with E-state index in [-0.39, 0.29) is 6.03 Å². The molecule has 0 unspecified atom stereocenters. The molecule has 0 aromatic heterocycles. The van der Waals surface area contributed by atoms with Crippen LogP contribution in [-0.2, 0) is 10.2 Å². The Labute approximate surface area is 88.6 Å². The summed E-state index contributed by atoms with van der Waals surface area (Å²) in [6.45, 7) is 4.61. The summed E-state index contributed by atoms with van der Waals surface area (Å²) in [5, 5.41) is 0. The molecular weight excluding hydrogens is 220 g/mol. The lowest BCUT2D eigenvalue weighted by atomic mass is 10.4. The third-order valence-electron chi connectivity index (χ3n) is 2.70. The maximum Gasteiger partial charge on any atom is 0.322 e. The van der Waals surface area contributed by atoms with Gasteiger partial charge in [0.1, 0.15) is 12.3 Å². The van der Waals surface area contributed by atoms with Gasteiger partial charge in [-0.05, 0) is 13.8 Å². The number of nitrogens with one attached hydrogen (secondary N) is 2. The minimum atomic E-state index is -3.45. The highest BCUT2D eigenvalue weighted by Gasteiger charge is 2.51. The monoisotopic (exact) mass is 234 g/mol. The molecule has 0 bridgehead atoms. The van der Waals surface area contributed by atoms with E-state index in [0.29, 0.717) is 13.1 Å². The Morgan fingerprint density at radius 3 is 1.87 bits per heavy atom. The van der Waals surface area contributed by atoms with Crippen molar-refractivity contribution in [3.63, 3.8) is 0 Å². The quantitative estimate of drug-likeness (QED) is 0.633. The molecule has 2 atom stereocenters. The maximum absolute atomic E-state index is 11.8. The number of rotatable bonds is 2. The number of fused-ring (bicyclic) bond motifs is 1. The van der Waals surface area contributed by atoms with Crippen LogP contribution in [0.5, 0.6) is 0 Å². The van der Waals surface area contributed by atoms with Gasteiger partial charge in [0, 0.05) is 13.1 Å². The van der Waals surface area contributed by atoms with Crippen LogP contribution in [0.4, 0.5) is 4.79 Å². The summed E-state index contributed by atoms with van der Waals surface area (Å²) in [4.78, 5) is 14.8. The summed E-state index contributed by atoms with van der Waals surface area (Å²) < 4.78 is 27.4. The second kappa shape index (κ2) is 3.32. The Morgan fingerprint density at radius 1 is 1.13 bits per heavy atom. The lowest BCUT2D eigenvalue weighted by Gasteiger charge is -2.19. The summed E-state index contributed by atoms with van der Waals surface area (Å²) in [5.41, 5.74) is 0. The fraction of sp³-hybridized carbons (Fsp3) is 0.857. The molecular formula is C7H14N4O3S. The SMILES string of the molecule is CCN1C(=O)N(CC)[C@H]2NS(=O)(=O)N[C@@H]21. The van der Waals surface area contributed by atoms with E-state index in [1.54, 1.807) is 0 Å². The Morgan fingerprint density at radius 2 is 1.53 bits per heavy atom. The Kier molecular flexibility index (Phi) is 2.36. The van der Waals surface area contributed by atoms with Gasteiger partial charge in [-0.1, -0.05) is 0 Å².